The van der Waals surface area contributed by atoms with E-state index in [0.717, 1.165) is 11.1 Å². The van der Waals surface area contributed by atoms with Crippen LogP contribution in [0.3, 0.4) is 0 Å². The van der Waals surface area contributed by atoms with Crippen LogP contribution in [0.2, 0.25) is 0 Å². The van der Waals surface area contributed by atoms with Gasteiger partial charge in [0.2, 0.25) is 5.43 Å². The number of hydrogen-bond donors (Lipinski definition) is 0. The third-order valence-corrected chi connectivity index (χ3v) is 2.44. The lowest BCUT2D eigenvalue weighted by Gasteiger charge is -2.01. The summed E-state index contributed by atoms with van der Waals surface area (Å²) in [5.41, 5.74) is 1.65. The van der Waals surface area contributed by atoms with Crippen LogP contribution in [0.5, 0.6) is 11.5 Å². The molecule has 0 aromatic heterocycles. The summed E-state index contributed by atoms with van der Waals surface area (Å²) in [6.07, 6.45) is 0. The van der Waals surface area contributed by atoms with Crippen LogP contribution in [-0.2, 0) is 18.0 Å². The molecule has 0 saturated heterocycles. The van der Waals surface area contributed by atoms with E-state index in [9.17, 15) is 4.79 Å². The Morgan fingerprint density at radius 1 is 1.13 bits per heavy atom. The van der Waals surface area contributed by atoms with Crippen molar-refractivity contribution in [1.82, 2.24) is 0 Å². The maximum atomic E-state index is 11.6. The molecule has 0 unspecified atom stereocenters. The Labute approximate surface area is 87.4 Å². The lowest BCUT2D eigenvalue weighted by molar-refractivity contribution is 0.133. The Kier molecular flexibility index (Phi) is 2.60. The molecule has 80 valence electrons. The normalized spacial score (nSPS) is 13.5. The summed E-state index contributed by atoms with van der Waals surface area (Å²) in [5, 5.41) is 0. The van der Waals surface area contributed by atoms with Gasteiger partial charge in [-0.25, -0.2) is 0 Å². The van der Waals surface area contributed by atoms with Crippen LogP contribution < -0.4 is 14.9 Å². The molecular formula is C11H12O4. The van der Waals surface area contributed by atoms with Crippen molar-refractivity contribution in [2.45, 2.75) is 13.2 Å². The highest BCUT2D eigenvalue weighted by Crippen LogP contribution is 2.28. The van der Waals surface area contributed by atoms with Gasteiger partial charge in [0.25, 0.3) is 0 Å². The van der Waals surface area contributed by atoms with Crippen molar-refractivity contribution in [1.29, 1.82) is 0 Å². The second kappa shape index (κ2) is 3.90. The van der Waals surface area contributed by atoms with Gasteiger partial charge >= 0.3 is 0 Å². The van der Waals surface area contributed by atoms with E-state index in [4.69, 9.17) is 14.2 Å². The fourth-order valence-electron chi connectivity index (χ4n) is 1.65. The zero-order valence-corrected chi connectivity index (χ0v) is 8.70. The monoisotopic (exact) mass is 208 g/mol. The Hall–Kier alpha value is -1.55. The van der Waals surface area contributed by atoms with Gasteiger partial charge in [-0.3, -0.25) is 4.79 Å². The van der Waals surface area contributed by atoms with Gasteiger partial charge < -0.3 is 14.2 Å². The van der Waals surface area contributed by atoms with Gasteiger partial charge in [-0.05, 0) is 11.6 Å². The molecule has 0 aliphatic carbocycles. The van der Waals surface area contributed by atoms with Crippen molar-refractivity contribution in [3.05, 3.63) is 33.5 Å². The molecule has 0 radical (unpaired) electrons. The summed E-state index contributed by atoms with van der Waals surface area (Å²) in [6.45, 7) is 0.939. The summed E-state index contributed by atoms with van der Waals surface area (Å²) in [4.78, 5) is 11.6. The van der Waals surface area contributed by atoms with Gasteiger partial charge in [0, 0.05) is 11.6 Å². The van der Waals surface area contributed by atoms with E-state index in [1.807, 2.05) is 0 Å². The van der Waals surface area contributed by atoms with E-state index in [0.29, 0.717) is 24.7 Å². The minimum Gasteiger partial charge on any atom is -0.496 e. The number of hydrogen-bond acceptors (Lipinski definition) is 4. The molecule has 15 heavy (non-hydrogen) atoms. The fraction of sp³-hybridized carbons (Fsp3) is 0.364. The first-order valence-corrected chi connectivity index (χ1v) is 4.62. The molecule has 1 aliphatic rings. The topological polar surface area (TPSA) is 44.8 Å². The number of rotatable bonds is 2. The predicted octanol–water partition coefficient (Wildman–Crippen LogP) is 1.09. The van der Waals surface area contributed by atoms with Crippen molar-refractivity contribution >= 4 is 0 Å². The summed E-state index contributed by atoms with van der Waals surface area (Å²) in [5.74, 6) is 0.933. The van der Waals surface area contributed by atoms with Crippen LogP contribution in [0, 0.1) is 0 Å². The molecule has 1 aromatic carbocycles. The second-order valence-corrected chi connectivity index (χ2v) is 3.29. The molecule has 4 heteroatoms. The number of ether oxygens (including phenoxy) is 3. The van der Waals surface area contributed by atoms with Crippen LogP contribution in [0.25, 0.3) is 0 Å². The Bertz CT molecular complexity index is 439. The van der Waals surface area contributed by atoms with Crippen molar-refractivity contribution < 1.29 is 14.2 Å². The Morgan fingerprint density at radius 3 is 2.53 bits per heavy atom. The molecule has 0 amide bonds. The van der Waals surface area contributed by atoms with E-state index >= 15 is 0 Å². The molecule has 0 fully saturated rings. The van der Waals surface area contributed by atoms with Crippen LogP contribution in [0.4, 0.5) is 0 Å². The number of methoxy groups -OCH3 is 2. The van der Waals surface area contributed by atoms with E-state index in [2.05, 4.69) is 0 Å². The van der Waals surface area contributed by atoms with Gasteiger partial charge in [-0.2, -0.15) is 0 Å². The maximum Gasteiger partial charge on any atom is 0.220 e. The molecular weight excluding hydrogens is 196 g/mol. The molecule has 0 bridgehead atoms. The van der Waals surface area contributed by atoms with Gasteiger partial charge in [-0.1, -0.05) is 0 Å². The van der Waals surface area contributed by atoms with Crippen molar-refractivity contribution in [2.24, 2.45) is 0 Å². The molecule has 0 saturated carbocycles. The molecule has 4 nitrogen and oxygen atoms in total. The smallest absolute Gasteiger partial charge is 0.220 e. The summed E-state index contributed by atoms with van der Waals surface area (Å²) in [6, 6.07) is 3.15. The summed E-state index contributed by atoms with van der Waals surface area (Å²) < 4.78 is 15.5. The summed E-state index contributed by atoms with van der Waals surface area (Å²) in [7, 11) is 3.04. The zero-order valence-electron chi connectivity index (χ0n) is 8.70. The highest BCUT2D eigenvalue weighted by atomic mass is 16.5. The second-order valence-electron chi connectivity index (χ2n) is 3.29. The first-order chi connectivity index (χ1) is 7.26. The molecule has 2 rings (SSSR count). The fourth-order valence-corrected chi connectivity index (χ4v) is 1.65. The quantitative estimate of drug-likeness (QED) is 0.730. The lowest BCUT2D eigenvalue weighted by Crippen LogP contribution is -2.00. The zero-order chi connectivity index (χ0) is 10.8. The predicted molar refractivity (Wildman–Crippen MR) is 54.3 cm³/mol. The molecule has 1 aliphatic heterocycles. The van der Waals surface area contributed by atoms with E-state index in [1.165, 1.54) is 7.11 Å². The molecule has 0 spiro atoms. The average molecular weight is 208 g/mol. The van der Waals surface area contributed by atoms with Crippen molar-refractivity contribution in [2.75, 3.05) is 14.2 Å². The van der Waals surface area contributed by atoms with Crippen LogP contribution in [-0.4, -0.2) is 14.2 Å². The van der Waals surface area contributed by atoms with Gasteiger partial charge in [-0.15, -0.1) is 0 Å². The molecule has 0 atom stereocenters. The highest BCUT2D eigenvalue weighted by Gasteiger charge is 2.17. The van der Waals surface area contributed by atoms with Gasteiger partial charge in [0.1, 0.15) is 5.75 Å². The van der Waals surface area contributed by atoms with Crippen LogP contribution in [0.1, 0.15) is 11.1 Å². The van der Waals surface area contributed by atoms with E-state index in [-0.39, 0.29) is 5.43 Å². The minimum absolute atomic E-state index is 0.150. The minimum atomic E-state index is -0.150. The SMILES string of the molecule is COc1cc(OC)c(=O)cc2c1COC2. The van der Waals surface area contributed by atoms with E-state index in [1.54, 1.807) is 19.2 Å². The van der Waals surface area contributed by atoms with Gasteiger partial charge in [0.15, 0.2) is 5.75 Å². The van der Waals surface area contributed by atoms with E-state index < -0.39 is 0 Å². The highest BCUT2D eigenvalue weighted by molar-refractivity contribution is 5.44. The first-order valence-electron chi connectivity index (χ1n) is 4.62. The summed E-state index contributed by atoms with van der Waals surface area (Å²) >= 11 is 0. The van der Waals surface area contributed by atoms with Gasteiger partial charge in [0.05, 0.1) is 27.4 Å². The van der Waals surface area contributed by atoms with Crippen LogP contribution >= 0.6 is 0 Å². The molecule has 0 N–H and O–H groups in total. The third kappa shape index (κ3) is 1.68. The lowest BCUT2D eigenvalue weighted by atomic mass is 10.2. The Balaban J connectivity index is 2.71. The standard InChI is InChI=1S/C11H12O4/c1-13-10-4-11(14-2)9(12)3-7-5-15-6-8(7)10/h3-4H,5-6H2,1-2H3. The maximum absolute atomic E-state index is 11.6. The van der Waals surface area contributed by atoms with Crippen molar-refractivity contribution in [3.63, 3.8) is 0 Å². The molecule has 1 heterocycles. The Morgan fingerprint density at radius 2 is 1.87 bits per heavy atom. The first kappa shape index (κ1) is 9.98. The largest absolute Gasteiger partial charge is 0.496 e. The van der Waals surface area contributed by atoms with Crippen molar-refractivity contribution in [3.8, 4) is 11.5 Å². The number of fused-ring (bicyclic) bond motifs is 1. The molecule has 1 aromatic rings. The average Bonchev–Trinajstić information content (AvgIpc) is 2.63. The van der Waals surface area contributed by atoms with Crippen LogP contribution in [0.15, 0.2) is 16.9 Å². The third-order valence-electron chi connectivity index (χ3n) is 2.44.